The highest BCUT2D eigenvalue weighted by Gasteiger charge is 2.19. The second-order valence-corrected chi connectivity index (χ2v) is 5.18. The van der Waals surface area contributed by atoms with Crippen LogP contribution in [0.5, 0.6) is 0 Å². The maximum Gasteiger partial charge on any atom is 0.252 e. The van der Waals surface area contributed by atoms with Gasteiger partial charge in [0.1, 0.15) is 0 Å². The molecule has 0 radical (unpaired) electrons. The largest absolute Gasteiger partial charge is 0.349 e. The number of hydrogen-bond acceptors (Lipinski definition) is 1. The lowest BCUT2D eigenvalue weighted by Crippen LogP contribution is -2.32. The third-order valence-corrected chi connectivity index (χ3v) is 4.18. The van der Waals surface area contributed by atoms with Crippen LogP contribution in [0.4, 0.5) is 0 Å². The van der Waals surface area contributed by atoms with Crippen molar-refractivity contribution in [3.05, 3.63) is 33.8 Å². The lowest BCUT2D eigenvalue weighted by atomic mass is 10.1. The van der Waals surface area contributed by atoms with E-state index in [2.05, 4.69) is 21.2 Å². The monoisotopic (exact) mass is 281 g/mol. The van der Waals surface area contributed by atoms with Crippen LogP contribution < -0.4 is 5.32 Å². The third-order valence-electron chi connectivity index (χ3n) is 3.13. The van der Waals surface area contributed by atoms with Crippen LogP contribution in [-0.4, -0.2) is 11.9 Å². The van der Waals surface area contributed by atoms with Crippen LogP contribution in [0.1, 0.15) is 41.6 Å². The Balaban J connectivity index is 2.11. The second-order valence-electron chi connectivity index (χ2n) is 4.39. The number of halogens is 1. The van der Waals surface area contributed by atoms with Gasteiger partial charge in [0, 0.05) is 10.5 Å². The Morgan fingerprint density at radius 3 is 2.75 bits per heavy atom. The fourth-order valence-electron chi connectivity index (χ4n) is 2.16. The Labute approximate surface area is 105 Å². The van der Waals surface area contributed by atoms with E-state index in [9.17, 15) is 4.79 Å². The predicted molar refractivity (Wildman–Crippen MR) is 68.6 cm³/mol. The Kier molecular flexibility index (Phi) is 3.64. The Morgan fingerprint density at radius 1 is 1.38 bits per heavy atom. The highest BCUT2D eigenvalue weighted by atomic mass is 79.9. The van der Waals surface area contributed by atoms with Crippen molar-refractivity contribution in [2.45, 2.75) is 38.6 Å². The van der Waals surface area contributed by atoms with Crippen LogP contribution in [0.15, 0.2) is 22.7 Å². The van der Waals surface area contributed by atoms with E-state index in [-0.39, 0.29) is 5.91 Å². The van der Waals surface area contributed by atoms with E-state index < -0.39 is 0 Å². The van der Waals surface area contributed by atoms with Crippen LogP contribution >= 0.6 is 15.9 Å². The van der Waals surface area contributed by atoms with E-state index >= 15 is 0 Å². The minimum Gasteiger partial charge on any atom is -0.349 e. The Bertz CT molecular complexity index is 397. The molecule has 1 aliphatic carbocycles. The minimum absolute atomic E-state index is 0.0440. The molecule has 0 aromatic heterocycles. The molecule has 2 nitrogen and oxygen atoms in total. The average molecular weight is 282 g/mol. The normalized spacial score (nSPS) is 16.4. The third kappa shape index (κ3) is 2.46. The number of nitrogens with one attached hydrogen (secondary N) is 1. The molecule has 1 N–H and O–H groups in total. The zero-order chi connectivity index (χ0) is 11.5. The Morgan fingerprint density at radius 2 is 2.06 bits per heavy atom. The maximum atomic E-state index is 12.0. The number of benzene rings is 1. The molecule has 1 aliphatic rings. The molecule has 0 heterocycles. The molecule has 0 unspecified atom stereocenters. The summed E-state index contributed by atoms with van der Waals surface area (Å²) in [6.45, 7) is 2.00. The quantitative estimate of drug-likeness (QED) is 0.884. The number of rotatable bonds is 2. The van der Waals surface area contributed by atoms with Crippen LogP contribution in [0.2, 0.25) is 0 Å². The first kappa shape index (κ1) is 11.6. The van der Waals surface area contributed by atoms with Gasteiger partial charge in [0.05, 0.1) is 5.56 Å². The molecule has 1 saturated carbocycles. The van der Waals surface area contributed by atoms with Gasteiger partial charge in [-0.25, -0.2) is 0 Å². The van der Waals surface area contributed by atoms with Crippen LogP contribution in [-0.2, 0) is 0 Å². The summed E-state index contributed by atoms with van der Waals surface area (Å²) in [6.07, 6.45) is 4.71. The molecule has 16 heavy (non-hydrogen) atoms. The topological polar surface area (TPSA) is 29.1 Å². The summed E-state index contributed by atoms with van der Waals surface area (Å²) in [4.78, 5) is 12.0. The molecule has 0 bridgehead atoms. The highest BCUT2D eigenvalue weighted by Crippen LogP contribution is 2.22. The molecule has 0 atom stereocenters. The van der Waals surface area contributed by atoms with Gasteiger partial charge in [0.2, 0.25) is 0 Å². The molecule has 86 valence electrons. The molecular weight excluding hydrogens is 266 g/mol. The van der Waals surface area contributed by atoms with Crippen LogP contribution in [0.3, 0.4) is 0 Å². The molecule has 2 rings (SSSR count). The van der Waals surface area contributed by atoms with Gasteiger partial charge < -0.3 is 5.32 Å². The van der Waals surface area contributed by atoms with Crippen molar-refractivity contribution in [1.29, 1.82) is 0 Å². The number of hydrogen-bond donors (Lipinski definition) is 1. The molecule has 0 saturated heterocycles. The van der Waals surface area contributed by atoms with E-state index in [0.29, 0.717) is 6.04 Å². The van der Waals surface area contributed by atoms with E-state index in [0.717, 1.165) is 28.4 Å². The van der Waals surface area contributed by atoms with Crippen molar-refractivity contribution in [3.8, 4) is 0 Å². The van der Waals surface area contributed by atoms with Gasteiger partial charge >= 0.3 is 0 Å². The predicted octanol–water partition coefficient (Wildman–Crippen LogP) is 3.43. The summed E-state index contributed by atoms with van der Waals surface area (Å²) < 4.78 is 0.908. The van der Waals surface area contributed by atoms with Crippen molar-refractivity contribution in [1.82, 2.24) is 5.32 Å². The summed E-state index contributed by atoms with van der Waals surface area (Å²) in [5, 5.41) is 3.09. The van der Waals surface area contributed by atoms with Gasteiger partial charge in [-0.1, -0.05) is 25.0 Å². The smallest absolute Gasteiger partial charge is 0.252 e. The molecule has 3 heteroatoms. The molecule has 1 aromatic carbocycles. The highest BCUT2D eigenvalue weighted by molar-refractivity contribution is 9.10. The van der Waals surface area contributed by atoms with Crippen LogP contribution in [0, 0.1) is 6.92 Å². The summed E-state index contributed by atoms with van der Waals surface area (Å²) in [5.74, 6) is 0.0440. The fourth-order valence-corrected chi connectivity index (χ4v) is 2.60. The summed E-state index contributed by atoms with van der Waals surface area (Å²) in [7, 11) is 0. The Hall–Kier alpha value is -0.830. The van der Waals surface area contributed by atoms with Gasteiger partial charge in [-0.05, 0) is 47.3 Å². The number of amides is 1. The van der Waals surface area contributed by atoms with E-state index in [1.54, 1.807) is 0 Å². The molecule has 0 aliphatic heterocycles. The van der Waals surface area contributed by atoms with Gasteiger partial charge in [-0.3, -0.25) is 4.79 Å². The second kappa shape index (κ2) is 5.00. The first-order chi connectivity index (χ1) is 7.68. The lowest BCUT2D eigenvalue weighted by Gasteiger charge is -2.13. The van der Waals surface area contributed by atoms with Crippen molar-refractivity contribution >= 4 is 21.8 Å². The van der Waals surface area contributed by atoms with E-state index in [1.807, 2.05) is 25.1 Å². The van der Waals surface area contributed by atoms with Gasteiger partial charge in [-0.15, -0.1) is 0 Å². The van der Waals surface area contributed by atoms with Crippen molar-refractivity contribution in [2.75, 3.05) is 0 Å². The summed E-state index contributed by atoms with van der Waals surface area (Å²) in [6, 6.07) is 6.15. The zero-order valence-electron chi connectivity index (χ0n) is 9.42. The molecule has 1 amide bonds. The summed E-state index contributed by atoms with van der Waals surface area (Å²) in [5.41, 5.74) is 1.84. The number of aryl methyl sites for hydroxylation is 1. The molecular formula is C13H16BrNO. The number of carbonyl (C=O) groups is 1. The maximum absolute atomic E-state index is 12.0. The summed E-state index contributed by atoms with van der Waals surface area (Å²) >= 11 is 3.47. The first-order valence-corrected chi connectivity index (χ1v) is 6.54. The molecule has 1 aromatic rings. The lowest BCUT2D eigenvalue weighted by molar-refractivity contribution is 0.0937. The average Bonchev–Trinajstić information content (AvgIpc) is 2.74. The molecule has 0 spiro atoms. The van der Waals surface area contributed by atoms with Crippen molar-refractivity contribution in [3.63, 3.8) is 0 Å². The zero-order valence-corrected chi connectivity index (χ0v) is 11.0. The van der Waals surface area contributed by atoms with Gasteiger partial charge in [0.15, 0.2) is 0 Å². The SMILES string of the molecule is Cc1cccc(C(=O)NC2CCCC2)c1Br. The van der Waals surface area contributed by atoms with Crippen molar-refractivity contribution < 1.29 is 4.79 Å². The van der Waals surface area contributed by atoms with Gasteiger partial charge in [-0.2, -0.15) is 0 Å². The fraction of sp³-hybridized carbons (Fsp3) is 0.462. The standard InChI is InChI=1S/C13H16BrNO/c1-9-5-4-8-11(12(9)14)13(16)15-10-6-2-3-7-10/h4-5,8,10H,2-3,6-7H2,1H3,(H,15,16). The van der Waals surface area contributed by atoms with Crippen LogP contribution in [0.25, 0.3) is 0 Å². The van der Waals surface area contributed by atoms with Gasteiger partial charge in [0.25, 0.3) is 5.91 Å². The number of carbonyl (C=O) groups excluding carboxylic acids is 1. The van der Waals surface area contributed by atoms with E-state index in [4.69, 9.17) is 0 Å². The molecule has 1 fully saturated rings. The minimum atomic E-state index is 0.0440. The first-order valence-electron chi connectivity index (χ1n) is 5.74. The van der Waals surface area contributed by atoms with Crippen molar-refractivity contribution in [2.24, 2.45) is 0 Å². The van der Waals surface area contributed by atoms with E-state index in [1.165, 1.54) is 12.8 Å².